The van der Waals surface area contributed by atoms with Gasteiger partial charge in [0.25, 0.3) is 0 Å². The summed E-state index contributed by atoms with van der Waals surface area (Å²) in [6.45, 7) is 14.8. The molecule has 12 aromatic carbocycles. The molecule has 0 unspecified atom stereocenters. The smallest absolute Gasteiger partial charge is 0.117 e. The van der Waals surface area contributed by atoms with E-state index in [2.05, 4.69) is 292 Å². The van der Waals surface area contributed by atoms with Crippen LogP contribution < -0.4 is 30.5 Å². The van der Waals surface area contributed by atoms with Crippen molar-refractivity contribution in [1.29, 1.82) is 0 Å². The summed E-state index contributed by atoms with van der Waals surface area (Å²) in [5, 5.41) is 13.3. The average Bonchev–Trinajstić information content (AvgIpc) is 3.71. The molecule has 3 aliphatic rings. The highest BCUT2D eigenvalue weighted by atomic mass is 28.3. The first-order chi connectivity index (χ1) is 37.5. The molecule has 0 saturated heterocycles. The number of fused-ring (bicyclic) bond motifs is 10. The van der Waals surface area contributed by atoms with E-state index in [4.69, 9.17) is 0 Å². The fraction of sp³-hybridized carbons (Fsp3) is 0.0959. The Morgan fingerprint density at radius 2 is 0.714 bits per heavy atom. The van der Waals surface area contributed by atoms with Gasteiger partial charge in [0.1, 0.15) is 16.1 Å². The average molecular weight is 1020 g/mol. The third-order valence-electron chi connectivity index (χ3n) is 18.0. The SMILES string of the molecule is CC1(C)c2ccccc2-c2ccc(-c3c4ccc(N5c6ccccc6[Si](C)(C)c6ccccc65)cc4c(-c4ccc(-c5ccc6ccccc6c5)cc4)c4ccc(N5c6ccccc6[Si](C)(C)c6ccccc65)cc34)cc21. The molecule has 0 aromatic heterocycles. The summed E-state index contributed by atoms with van der Waals surface area (Å²) < 4.78 is 0. The van der Waals surface area contributed by atoms with E-state index in [1.807, 2.05) is 0 Å². The van der Waals surface area contributed by atoms with Gasteiger partial charge in [0.05, 0.1) is 0 Å². The maximum atomic E-state index is 2.55. The lowest BCUT2D eigenvalue weighted by atomic mass is 9.80. The molecule has 0 spiro atoms. The van der Waals surface area contributed by atoms with Crippen molar-refractivity contribution >= 4 is 103 Å². The van der Waals surface area contributed by atoms with Gasteiger partial charge in [-0.3, -0.25) is 0 Å². The lowest BCUT2D eigenvalue weighted by Gasteiger charge is -2.41. The fourth-order valence-electron chi connectivity index (χ4n) is 14.1. The van der Waals surface area contributed by atoms with Gasteiger partial charge in [-0.05, 0) is 169 Å². The molecule has 77 heavy (non-hydrogen) atoms. The second-order valence-corrected chi connectivity index (χ2v) is 31.9. The van der Waals surface area contributed by atoms with Crippen molar-refractivity contribution in [2.24, 2.45) is 0 Å². The number of nitrogens with zero attached hydrogens (tertiary/aromatic N) is 2. The first-order valence-electron chi connectivity index (χ1n) is 27.3. The van der Waals surface area contributed by atoms with Gasteiger partial charge in [0.15, 0.2) is 0 Å². The molecular weight excluding hydrogens is 961 g/mol. The molecule has 2 aliphatic heterocycles. The first kappa shape index (κ1) is 45.8. The van der Waals surface area contributed by atoms with Crippen LogP contribution in [0.1, 0.15) is 25.0 Å². The Bertz CT molecular complexity index is 4350. The predicted molar refractivity (Wildman–Crippen MR) is 336 cm³/mol. The molecule has 0 radical (unpaired) electrons. The maximum Gasteiger partial charge on any atom is 0.117 e. The van der Waals surface area contributed by atoms with Crippen molar-refractivity contribution in [3.05, 3.63) is 254 Å². The van der Waals surface area contributed by atoms with E-state index < -0.39 is 16.1 Å². The molecule has 368 valence electrons. The van der Waals surface area contributed by atoms with Crippen LogP contribution in [-0.4, -0.2) is 16.1 Å². The van der Waals surface area contributed by atoms with Gasteiger partial charge in [0.2, 0.25) is 0 Å². The molecule has 0 N–H and O–H groups in total. The normalized spacial score (nSPS) is 15.1. The van der Waals surface area contributed by atoms with Crippen LogP contribution in [0.2, 0.25) is 26.2 Å². The zero-order chi connectivity index (χ0) is 52.0. The monoisotopic (exact) mass is 1020 g/mol. The van der Waals surface area contributed by atoms with E-state index in [9.17, 15) is 0 Å². The van der Waals surface area contributed by atoms with Crippen LogP contribution in [-0.2, 0) is 5.41 Å². The number of para-hydroxylation sites is 4. The van der Waals surface area contributed by atoms with Crippen LogP contribution in [0.25, 0.3) is 76.8 Å². The Labute approximate surface area is 454 Å². The number of benzene rings is 12. The van der Waals surface area contributed by atoms with E-state index in [1.54, 1.807) is 0 Å². The zero-order valence-electron chi connectivity index (χ0n) is 44.5. The Morgan fingerprint density at radius 3 is 1.26 bits per heavy atom. The summed E-state index contributed by atoms with van der Waals surface area (Å²) in [6.07, 6.45) is 0. The minimum Gasteiger partial charge on any atom is -0.311 e. The Balaban J connectivity index is 1.03. The van der Waals surface area contributed by atoms with Crippen LogP contribution in [0.3, 0.4) is 0 Å². The van der Waals surface area contributed by atoms with Crippen LogP contribution in [0.4, 0.5) is 34.1 Å². The summed E-state index contributed by atoms with van der Waals surface area (Å²) in [6, 6.07) is 92.7. The van der Waals surface area contributed by atoms with Crippen molar-refractivity contribution in [3.63, 3.8) is 0 Å². The zero-order valence-corrected chi connectivity index (χ0v) is 46.5. The van der Waals surface area contributed by atoms with E-state index >= 15 is 0 Å². The van der Waals surface area contributed by atoms with Crippen LogP contribution in [0.5, 0.6) is 0 Å². The minimum absolute atomic E-state index is 0.164. The number of hydrogen-bond donors (Lipinski definition) is 0. The molecule has 0 saturated carbocycles. The van der Waals surface area contributed by atoms with Gasteiger partial charge in [-0.15, -0.1) is 0 Å². The summed E-state index contributed by atoms with van der Waals surface area (Å²) in [7, 11) is -4.04. The van der Waals surface area contributed by atoms with E-state index in [0.29, 0.717) is 0 Å². The van der Waals surface area contributed by atoms with Gasteiger partial charge in [-0.1, -0.05) is 222 Å². The molecule has 0 fully saturated rings. The molecular formula is C73H58N2Si2. The summed E-state index contributed by atoms with van der Waals surface area (Å²) >= 11 is 0. The summed E-state index contributed by atoms with van der Waals surface area (Å²) in [4.78, 5) is 5.10. The van der Waals surface area contributed by atoms with E-state index in [-0.39, 0.29) is 5.41 Å². The summed E-state index contributed by atoms with van der Waals surface area (Å²) in [5.74, 6) is 0. The van der Waals surface area contributed by atoms with Crippen molar-refractivity contribution in [1.82, 2.24) is 0 Å². The third kappa shape index (κ3) is 6.71. The highest BCUT2D eigenvalue weighted by Crippen LogP contribution is 2.53. The van der Waals surface area contributed by atoms with Gasteiger partial charge in [-0.25, -0.2) is 0 Å². The number of rotatable bonds is 5. The largest absolute Gasteiger partial charge is 0.311 e. The Morgan fingerprint density at radius 1 is 0.299 bits per heavy atom. The lowest BCUT2D eigenvalue weighted by Crippen LogP contribution is -2.58. The molecule has 0 amide bonds. The van der Waals surface area contributed by atoms with Crippen LogP contribution in [0.15, 0.2) is 243 Å². The predicted octanol–water partition coefficient (Wildman–Crippen LogP) is 17.7. The van der Waals surface area contributed by atoms with Gasteiger partial charge >= 0.3 is 0 Å². The highest BCUT2D eigenvalue weighted by molar-refractivity contribution is 7.03. The Kier molecular flexibility index (Phi) is 9.95. The van der Waals surface area contributed by atoms with Gasteiger partial charge in [-0.2, -0.15) is 0 Å². The van der Waals surface area contributed by atoms with Crippen molar-refractivity contribution in [2.75, 3.05) is 9.80 Å². The molecule has 2 nitrogen and oxygen atoms in total. The molecule has 1 aliphatic carbocycles. The minimum atomic E-state index is -2.02. The molecule has 2 heterocycles. The first-order valence-corrected chi connectivity index (χ1v) is 33.3. The van der Waals surface area contributed by atoms with Crippen molar-refractivity contribution < 1.29 is 0 Å². The van der Waals surface area contributed by atoms with Gasteiger partial charge < -0.3 is 9.80 Å². The summed E-state index contributed by atoms with van der Waals surface area (Å²) in [5.41, 5.74) is 20.1. The molecule has 0 bridgehead atoms. The topological polar surface area (TPSA) is 6.48 Å². The maximum absolute atomic E-state index is 2.55. The van der Waals surface area contributed by atoms with Gasteiger partial charge in [0, 0.05) is 39.5 Å². The molecule has 15 rings (SSSR count). The second kappa shape index (κ2) is 16.7. The molecule has 12 aromatic rings. The quantitative estimate of drug-likeness (QED) is 0.125. The van der Waals surface area contributed by atoms with Crippen LogP contribution >= 0.6 is 0 Å². The Hall–Kier alpha value is -8.55. The second-order valence-electron chi connectivity index (χ2n) is 23.3. The van der Waals surface area contributed by atoms with E-state index in [1.165, 1.54) is 137 Å². The standard InChI is InChI=1S/C73H58N2Si2/c1-73(2)61-22-10-9-21-55(61)56-40-37-52(44-62(56)73)72-58-42-39-53(74-63-23-11-15-27-67(63)76(3,4)68-28-16-12-24-64(68)74)45-59(58)71(49-34-31-48(32-35-49)51-36-33-47-19-7-8-20-50(47)43-51)57-41-38-54(46-60(57)72)75-65-25-13-17-29-69(65)77(5,6)70-30-18-14-26-66(70)75/h7-46H,1-6H3. The van der Waals surface area contributed by atoms with Crippen molar-refractivity contribution in [2.45, 2.75) is 45.5 Å². The number of hydrogen-bond acceptors (Lipinski definition) is 2. The van der Waals surface area contributed by atoms with Crippen molar-refractivity contribution in [3.8, 4) is 44.5 Å². The third-order valence-corrected chi connectivity index (χ3v) is 25.1. The fourth-order valence-corrected chi connectivity index (χ4v) is 20.0. The highest BCUT2D eigenvalue weighted by Gasteiger charge is 2.41. The van der Waals surface area contributed by atoms with Crippen LogP contribution in [0, 0.1) is 0 Å². The molecule has 0 atom stereocenters. The van der Waals surface area contributed by atoms with E-state index in [0.717, 1.165) is 5.69 Å². The molecule has 4 heteroatoms. The lowest BCUT2D eigenvalue weighted by molar-refractivity contribution is 0.660. The number of anilines is 6.